The van der Waals surface area contributed by atoms with Crippen LogP contribution in [0.4, 0.5) is 13.2 Å². The van der Waals surface area contributed by atoms with Crippen molar-refractivity contribution >= 4 is 0 Å². The minimum Gasteiger partial charge on any atom is -0.406 e. The molecule has 83 valence electrons. The van der Waals surface area contributed by atoms with Gasteiger partial charge in [0.25, 0.3) is 0 Å². The average Bonchev–Trinajstić information content (AvgIpc) is 1.99. The molecule has 4 heteroatoms. The van der Waals surface area contributed by atoms with E-state index in [1.807, 2.05) is 13.8 Å². The molecule has 1 aromatic rings. The van der Waals surface area contributed by atoms with Gasteiger partial charge in [-0.15, -0.1) is 13.2 Å². The molecule has 0 heterocycles. The molecule has 0 N–H and O–H groups in total. The van der Waals surface area contributed by atoms with Crippen molar-refractivity contribution in [2.24, 2.45) is 0 Å². The van der Waals surface area contributed by atoms with Gasteiger partial charge in [0.1, 0.15) is 5.75 Å². The highest BCUT2D eigenvalue weighted by Crippen LogP contribution is 2.27. The third-order valence-corrected chi connectivity index (χ3v) is 1.89. The number of halogens is 3. The van der Waals surface area contributed by atoms with Gasteiger partial charge in [0.05, 0.1) is 0 Å². The summed E-state index contributed by atoms with van der Waals surface area (Å²) >= 11 is 0. The van der Waals surface area contributed by atoms with E-state index in [2.05, 4.69) is 11.7 Å². The van der Waals surface area contributed by atoms with E-state index in [1.54, 1.807) is 6.07 Å². The van der Waals surface area contributed by atoms with Crippen molar-refractivity contribution in [2.75, 3.05) is 0 Å². The molecule has 1 aromatic carbocycles. The second-order valence-electron chi connectivity index (χ2n) is 3.61. The van der Waals surface area contributed by atoms with E-state index in [0.717, 1.165) is 5.56 Å². The quantitative estimate of drug-likeness (QED) is 0.730. The van der Waals surface area contributed by atoms with E-state index in [4.69, 9.17) is 0 Å². The lowest BCUT2D eigenvalue weighted by molar-refractivity contribution is -0.274. The van der Waals surface area contributed by atoms with Crippen LogP contribution in [0.3, 0.4) is 0 Å². The Morgan fingerprint density at radius 1 is 1.20 bits per heavy atom. The summed E-state index contributed by atoms with van der Waals surface area (Å²) < 4.78 is 39.7. The molecule has 0 unspecified atom stereocenters. The maximum Gasteiger partial charge on any atom is 0.573 e. The van der Waals surface area contributed by atoms with E-state index in [9.17, 15) is 13.2 Å². The first-order chi connectivity index (χ1) is 6.78. The Labute approximate surface area is 86.9 Å². The van der Waals surface area contributed by atoms with Gasteiger partial charge in [-0.3, -0.25) is 0 Å². The highest BCUT2D eigenvalue weighted by atomic mass is 19.4. The van der Waals surface area contributed by atoms with Gasteiger partial charge in [0.2, 0.25) is 0 Å². The number of hydrogen-bond acceptors (Lipinski definition) is 1. The van der Waals surface area contributed by atoms with Gasteiger partial charge in [-0.05, 0) is 36.1 Å². The molecule has 0 amide bonds. The first-order valence-electron chi connectivity index (χ1n) is 4.50. The maximum atomic E-state index is 12.0. The summed E-state index contributed by atoms with van der Waals surface area (Å²) in [5, 5.41) is 0. The van der Waals surface area contributed by atoms with Crippen LogP contribution in [0.15, 0.2) is 18.2 Å². The van der Waals surface area contributed by atoms with Crippen molar-refractivity contribution in [1.82, 2.24) is 0 Å². The van der Waals surface area contributed by atoms with E-state index in [0.29, 0.717) is 5.56 Å². The second kappa shape index (κ2) is 4.13. The third-order valence-electron chi connectivity index (χ3n) is 1.89. The summed E-state index contributed by atoms with van der Waals surface area (Å²) in [7, 11) is 0. The first-order valence-corrected chi connectivity index (χ1v) is 4.50. The van der Waals surface area contributed by atoms with Crippen molar-refractivity contribution in [3.05, 3.63) is 36.2 Å². The highest BCUT2D eigenvalue weighted by molar-refractivity contribution is 5.37. The highest BCUT2D eigenvalue weighted by Gasteiger charge is 2.31. The monoisotopic (exact) mass is 217 g/mol. The Hall–Kier alpha value is -1.19. The van der Waals surface area contributed by atoms with Crippen LogP contribution in [-0.2, 0) is 0 Å². The second-order valence-corrected chi connectivity index (χ2v) is 3.61. The van der Waals surface area contributed by atoms with Gasteiger partial charge in [-0.2, -0.15) is 0 Å². The fourth-order valence-corrected chi connectivity index (χ4v) is 1.21. The molecule has 0 bridgehead atoms. The molecule has 1 nitrogen and oxygen atoms in total. The molecule has 1 rings (SSSR count). The summed E-state index contributed by atoms with van der Waals surface area (Å²) in [6.45, 7) is 7.40. The lowest BCUT2D eigenvalue weighted by Gasteiger charge is -2.12. The predicted octanol–water partition coefficient (Wildman–Crippen LogP) is 3.89. The van der Waals surface area contributed by atoms with Crippen LogP contribution < -0.4 is 4.74 Å². The summed E-state index contributed by atoms with van der Waals surface area (Å²) in [6, 6.07) is 4.39. The van der Waals surface area contributed by atoms with E-state index >= 15 is 0 Å². The molecule has 0 aliphatic carbocycles. The number of alkyl halides is 3. The summed E-state index contributed by atoms with van der Waals surface area (Å²) in [6.07, 6.45) is -4.65. The van der Waals surface area contributed by atoms with Crippen LogP contribution in [0.1, 0.15) is 30.9 Å². The van der Waals surface area contributed by atoms with Gasteiger partial charge in [0.15, 0.2) is 0 Å². The number of hydrogen-bond donors (Lipinski definition) is 0. The topological polar surface area (TPSA) is 9.23 Å². The van der Waals surface area contributed by atoms with Gasteiger partial charge in [0, 0.05) is 0 Å². The van der Waals surface area contributed by atoms with Crippen molar-refractivity contribution in [3.63, 3.8) is 0 Å². The molecule has 0 aromatic heterocycles. The first kappa shape index (κ1) is 11.9. The fraction of sp³-hybridized carbons (Fsp3) is 0.364. The minimum absolute atomic E-state index is 0.141. The van der Waals surface area contributed by atoms with Crippen LogP contribution in [0.2, 0.25) is 0 Å². The lowest BCUT2D eigenvalue weighted by Crippen LogP contribution is -2.17. The average molecular weight is 217 g/mol. The molecule has 1 radical (unpaired) electrons. The molecular formula is C11H12F3O. The minimum atomic E-state index is -4.65. The smallest absolute Gasteiger partial charge is 0.406 e. The van der Waals surface area contributed by atoms with E-state index in [-0.39, 0.29) is 11.7 Å². The molecule has 0 fully saturated rings. The number of ether oxygens (including phenoxy) is 1. The Morgan fingerprint density at radius 3 is 2.27 bits per heavy atom. The Kier molecular flexibility index (Phi) is 3.27. The lowest BCUT2D eigenvalue weighted by atomic mass is 10.0. The molecule has 0 atom stereocenters. The number of benzene rings is 1. The molecule has 0 spiro atoms. The van der Waals surface area contributed by atoms with Crippen LogP contribution in [0, 0.1) is 6.92 Å². The Morgan fingerprint density at radius 2 is 1.80 bits per heavy atom. The van der Waals surface area contributed by atoms with Gasteiger partial charge in [-0.1, -0.05) is 19.9 Å². The molecular weight excluding hydrogens is 205 g/mol. The van der Waals surface area contributed by atoms with Crippen LogP contribution in [-0.4, -0.2) is 6.36 Å². The van der Waals surface area contributed by atoms with Crippen molar-refractivity contribution in [3.8, 4) is 5.75 Å². The standard InChI is InChI=1S/C11H12F3O/c1-7(2)9-4-8(3)5-10(6-9)15-11(12,13)14/h4-7H,3H2,1-2H3. The van der Waals surface area contributed by atoms with Gasteiger partial charge >= 0.3 is 6.36 Å². The Balaban J connectivity index is 2.99. The zero-order chi connectivity index (χ0) is 11.6. The van der Waals surface area contributed by atoms with Crippen molar-refractivity contribution < 1.29 is 17.9 Å². The van der Waals surface area contributed by atoms with Crippen molar-refractivity contribution in [1.29, 1.82) is 0 Å². The van der Waals surface area contributed by atoms with Crippen LogP contribution in [0.5, 0.6) is 5.75 Å². The molecule has 0 saturated heterocycles. The SMILES string of the molecule is [CH2]c1cc(OC(F)(F)F)cc(C(C)C)c1. The zero-order valence-electron chi connectivity index (χ0n) is 8.56. The predicted molar refractivity (Wildman–Crippen MR) is 51.7 cm³/mol. The largest absolute Gasteiger partial charge is 0.573 e. The fourth-order valence-electron chi connectivity index (χ4n) is 1.21. The van der Waals surface area contributed by atoms with Gasteiger partial charge in [-0.25, -0.2) is 0 Å². The van der Waals surface area contributed by atoms with Gasteiger partial charge < -0.3 is 4.74 Å². The Bertz CT molecular complexity index is 342. The molecule has 0 aliphatic rings. The maximum absolute atomic E-state index is 12.0. The van der Waals surface area contributed by atoms with Crippen LogP contribution >= 0.6 is 0 Å². The summed E-state index contributed by atoms with van der Waals surface area (Å²) in [5.74, 6) is -0.0685. The van der Waals surface area contributed by atoms with E-state index < -0.39 is 6.36 Å². The van der Waals surface area contributed by atoms with E-state index in [1.165, 1.54) is 12.1 Å². The molecule has 0 saturated carbocycles. The third kappa shape index (κ3) is 3.81. The normalized spacial score (nSPS) is 11.9. The summed E-state index contributed by atoms with van der Waals surface area (Å²) in [4.78, 5) is 0. The molecule has 15 heavy (non-hydrogen) atoms. The van der Waals surface area contributed by atoms with Crippen molar-refractivity contribution in [2.45, 2.75) is 26.1 Å². The molecule has 0 aliphatic heterocycles. The number of rotatable bonds is 2. The van der Waals surface area contributed by atoms with Crippen LogP contribution in [0.25, 0.3) is 0 Å². The summed E-state index contributed by atoms with van der Waals surface area (Å²) in [5.41, 5.74) is 1.29. The zero-order valence-corrected chi connectivity index (χ0v) is 8.56.